The van der Waals surface area contributed by atoms with Crippen LogP contribution in [-0.4, -0.2) is 37.4 Å². The maximum Gasteiger partial charge on any atom is 0.331 e. The standard InChI is InChI=1S/C16H16O3.C15H14O3/c1-18-15(17)12-19-16(13-8-4-2-5-9-13)14-10-6-3-7-11-14;16-14(17)11-18-15(12-7-3-1-4-8-12)13-9-5-2-6-10-13/h2-11,16H,12H2,1H3;1-10,15H,11H2,(H,16,17). The van der Waals surface area contributed by atoms with Gasteiger partial charge in [0.15, 0.2) is 0 Å². The summed E-state index contributed by atoms with van der Waals surface area (Å²) in [7, 11) is 1.35. The van der Waals surface area contributed by atoms with Crippen LogP contribution in [0, 0.1) is 0 Å². The van der Waals surface area contributed by atoms with Crippen molar-refractivity contribution in [1.29, 1.82) is 0 Å². The van der Waals surface area contributed by atoms with Crippen LogP contribution in [0.4, 0.5) is 0 Å². The monoisotopic (exact) mass is 498 g/mol. The van der Waals surface area contributed by atoms with Crippen LogP contribution in [0.25, 0.3) is 0 Å². The Morgan fingerprint density at radius 2 is 0.865 bits per heavy atom. The van der Waals surface area contributed by atoms with Gasteiger partial charge in [-0.3, -0.25) is 0 Å². The minimum atomic E-state index is -0.966. The predicted molar refractivity (Wildman–Crippen MR) is 141 cm³/mol. The SMILES string of the molecule is COC(=O)COC(c1ccccc1)c1ccccc1.O=C(O)COC(c1ccccc1)c1ccccc1. The lowest BCUT2D eigenvalue weighted by Gasteiger charge is -2.18. The normalized spacial score (nSPS) is 10.5. The zero-order chi connectivity index (χ0) is 26.3. The van der Waals surface area contributed by atoms with Gasteiger partial charge < -0.3 is 19.3 Å². The predicted octanol–water partition coefficient (Wildman–Crippen LogP) is 5.84. The summed E-state index contributed by atoms with van der Waals surface area (Å²) in [6, 6.07) is 38.8. The van der Waals surface area contributed by atoms with Crippen LogP contribution in [0.5, 0.6) is 0 Å². The van der Waals surface area contributed by atoms with E-state index in [1.165, 1.54) is 7.11 Å². The van der Waals surface area contributed by atoms with E-state index in [0.717, 1.165) is 22.3 Å². The first kappa shape index (κ1) is 27.3. The van der Waals surface area contributed by atoms with Gasteiger partial charge in [0.2, 0.25) is 0 Å². The van der Waals surface area contributed by atoms with Crippen molar-refractivity contribution in [3.63, 3.8) is 0 Å². The first-order valence-corrected chi connectivity index (χ1v) is 11.8. The van der Waals surface area contributed by atoms with Gasteiger partial charge in [-0.05, 0) is 22.3 Å². The number of rotatable bonds is 10. The molecule has 6 nitrogen and oxygen atoms in total. The fourth-order valence-electron chi connectivity index (χ4n) is 3.65. The average Bonchev–Trinajstić information content (AvgIpc) is 2.96. The Morgan fingerprint density at radius 1 is 0.568 bits per heavy atom. The van der Waals surface area contributed by atoms with Crippen LogP contribution < -0.4 is 0 Å². The molecule has 190 valence electrons. The molecule has 0 aliphatic heterocycles. The van der Waals surface area contributed by atoms with Crippen LogP contribution in [0.1, 0.15) is 34.5 Å². The van der Waals surface area contributed by atoms with Crippen molar-refractivity contribution in [1.82, 2.24) is 0 Å². The summed E-state index contributed by atoms with van der Waals surface area (Å²) in [5, 5.41) is 8.73. The van der Waals surface area contributed by atoms with Crippen LogP contribution >= 0.6 is 0 Å². The van der Waals surface area contributed by atoms with Crippen molar-refractivity contribution in [2.24, 2.45) is 0 Å². The van der Waals surface area contributed by atoms with Gasteiger partial charge in [0.05, 0.1) is 7.11 Å². The maximum absolute atomic E-state index is 11.2. The molecule has 0 spiro atoms. The molecule has 0 fully saturated rings. The number of carboxylic acid groups (broad SMARTS) is 1. The second-order valence-corrected chi connectivity index (χ2v) is 7.99. The van der Waals surface area contributed by atoms with E-state index in [2.05, 4.69) is 4.74 Å². The van der Waals surface area contributed by atoms with Crippen molar-refractivity contribution >= 4 is 11.9 Å². The van der Waals surface area contributed by atoms with Gasteiger partial charge in [-0.1, -0.05) is 121 Å². The molecule has 0 heterocycles. The molecular weight excluding hydrogens is 468 g/mol. The third kappa shape index (κ3) is 9.04. The average molecular weight is 499 g/mol. The Hall–Kier alpha value is -4.26. The fraction of sp³-hybridized carbons (Fsp3) is 0.161. The largest absolute Gasteiger partial charge is 0.480 e. The van der Waals surface area contributed by atoms with E-state index in [9.17, 15) is 9.59 Å². The van der Waals surface area contributed by atoms with Crippen LogP contribution in [0.3, 0.4) is 0 Å². The van der Waals surface area contributed by atoms with Gasteiger partial charge in [-0.25, -0.2) is 9.59 Å². The maximum atomic E-state index is 11.2. The molecule has 0 unspecified atom stereocenters. The molecular formula is C31H30O6. The van der Waals surface area contributed by atoms with E-state index < -0.39 is 5.97 Å². The molecule has 4 rings (SSSR count). The summed E-state index contributed by atoms with van der Waals surface area (Å²) in [5.74, 6) is -1.34. The molecule has 1 N–H and O–H groups in total. The number of benzene rings is 4. The number of hydrogen-bond acceptors (Lipinski definition) is 5. The number of carbonyl (C=O) groups excluding carboxylic acids is 1. The van der Waals surface area contributed by atoms with E-state index in [0.29, 0.717) is 0 Å². The highest BCUT2D eigenvalue weighted by Crippen LogP contribution is 2.26. The lowest BCUT2D eigenvalue weighted by molar-refractivity contribution is -0.147. The highest BCUT2D eigenvalue weighted by molar-refractivity contribution is 5.70. The van der Waals surface area contributed by atoms with E-state index in [-0.39, 0.29) is 31.4 Å². The molecule has 37 heavy (non-hydrogen) atoms. The summed E-state index contributed by atoms with van der Waals surface area (Å²) in [5.41, 5.74) is 3.92. The second kappa shape index (κ2) is 15.0. The first-order valence-electron chi connectivity index (χ1n) is 11.8. The third-order valence-corrected chi connectivity index (χ3v) is 5.38. The Labute approximate surface area is 217 Å². The second-order valence-electron chi connectivity index (χ2n) is 7.99. The van der Waals surface area contributed by atoms with Gasteiger partial charge in [-0.15, -0.1) is 0 Å². The van der Waals surface area contributed by atoms with Gasteiger partial charge in [0.1, 0.15) is 25.4 Å². The minimum absolute atomic E-state index is 0.0645. The quantitative estimate of drug-likeness (QED) is 0.277. The molecule has 0 bridgehead atoms. The smallest absolute Gasteiger partial charge is 0.331 e. The van der Waals surface area contributed by atoms with Crippen molar-refractivity contribution in [3.05, 3.63) is 144 Å². The number of hydrogen-bond donors (Lipinski definition) is 1. The molecule has 0 aliphatic rings. The molecule has 0 aromatic heterocycles. The number of carboxylic acids is 1. The molecule has 4 aromatic carbocycles. The van der Waals surface area contributed by atoms with Crippen LogP contribution in [0.15, 0.2) is 121 Å². The number of esters is 1. The summed E-state index contributed by atoms with van der Waals surface area (Å²) in [6.07, 6.45) is -0.606. The Morgan fingerprint density at radius 3 is 1.14 bits per heavy atom. The van der Waals surface area contributed by atoms with Gasteiger partial charge in [0, 0.05) is 0 Å². The van der Waals surface area contributed by atoms with Crippen molar-refractivity contribution in [2.45, 2.75) is 12.2 Å². The fourth-order valence-corrected chi connectivity index (χ4v) is 3.65. The zero-order valence-electron chi connectivity index (χ0n) is 20.6. The molecule has 0 saturated heterocycles. The van der Waals surface area contributed by atoms with Crippen molar-refractivity contribution in [3.8, 4) is 0 Å². The highest BCUT2D eigenvalue weighted by Gasteiger charge is 2.16. The summed E-state index contributed by atoms with van der Waals surface area (Å²) < 4.78 is 15.8. The summed E-state index contributed by atoms with van der Waals surface area (Å²) in [6.45, 7) is -0.376. The van der Waals surface area contributed by atoms with Crippen molar-refractivity contribution in [2.75, 3.05) is 20.3 Å². The molecule has 4 aromatic rings. The molecule has 0 amide bonds. The van der Waals surface area contributed by atoms with Gasteiger partial charge in [-0.2, -0.15) is 0 Å². The summed E-state index contributed by atoms with van der Waals surface area (Å²) in [4.78, 5) is 21.9. The van der Waals surface area contributed by atoms with E-state index in [1.54, 1.807) is 0 Å². The van der Waals surface area contributed by atoms with Gasteiger partial charge >= 0.3 is 11.9 Å². The summed E-state index contributed by atoms with van der Waals surface area (Å²) >= 11 is 0. The van der Waals surface area contributed by atoms with E-state index in [1.807, 2.05) is 121 Å². The minimum Gasteiger partial charge on any atom is -0.480 e. The third-order valence-electron chi connectivity index (χ3n) is 5.38. The van der Waals surface area contributed by atoms with Crippen LogP contribution in [-0.2, 0) is 23.8 Å². The molecule has 6 heteroatoms. The molecule has 0 atom stereocenters. The number of carbonyl (C=O) groups is 2. The Bertz CT molecular complexity index is 1120. The highest BCUT2D eigenvalue weighted by atomic mass is 16.6. The topological polar surface area (TPSA) is 82.1 Å². The number of methoxy groups -OCH3 is 1. The number of aliphatic carboxylic acids is 1. The Balaban J connectivity index is 0.000000206. The number of ether oxygens (including phenoxy) is 3. The Kier molecular flexibility index (Phi) is 11.1. The van der Waals surface area contributed by atoms with Crippen molar-refractivity contribution < 1.29 is 28.9 Å². The lowest BCUT2D eigenvalue weighted by Crippen LogP contribution is -2.15. The van der Waals surface area contributed by atoms with Crippen LogP contribution in [0.2, 0.25) is 0 Å². The zero-order valence-corrected chi connectivity index (χ0v) is 20.6. The lowest BCUT2D eigenvalue weighted by atomic mass is 10.0. The first-order chi connectivity index (χ1) is 18.1. The molecule has 0 aliphatic carbocycles. The molecule has 0 saturated carbocycles. The van der Waals surface area contributed by atoms with Gasteiger partial charge in [0.25, 0.3) is 0 Å². The van der Waals surface area contributed by atoms with E-state index in [4.69, 9.17) is 14.6 Å². The molecule has 0 radical (unpaired) electrons. The van der Waals surface area contributed by atoms with E-state index >= 15 is 0 Å².